The van der Waals surface area contributed by atoms with Crippen molar-refractivity contribution in [3.8, 4) is 39.7 Å². The molecule has 0 saturated heterocycles. The summed E-state index contributed by atoms with van der Waals surface area (Å²) >= 11 is 0. The molecule has 2 aromatic heterocycles. The van der Waals surface area contributed by atoms with E-state index < -0.39 is 114 Å². The van der Waals surface area contributed by atoms with E-state index in [1.165, 1.54) is 0 Å². The Morgan fingerprint density at radius 3 is 1.09 bits per heavy atom. The Labute approximate surface area is 379 Å². The fraction of sp³-hybridized carbons (Fsp3) is 0.122. The van der Waals surface area contributed by atoms with Gasteiger partial charge in [0.15, 0.2) is 0 Å². The lowest BCUT2D eigenvalue weighted by Gasteiger charge is -2.23. The number of alkyl halides is 18. The number of nitrogens with zero attached hydrogens (tertiary/aromatic N) is 3. The highest BCUT2D eigenvalue weighted by Gasteiger charge is 2.42. The van der Waals surface area contributed by atoms with Crippen LogP contribution >= 0.6 is 0 Å². The standard InChI is InChI=1S/C49H21F18N3/c50-44(51,52)24-5-12-38-32(17-24)33-18-25(45(53,54)55)6-13-39(33)69(38)28-9-10-29(43-36(48(62,63)64)2-1-3-37(43)49(65,66)67)30(21-28)31-16-23(22-68)4-11-40(31)70-41-14-7-26(46(56,57)58)19-34(41)35-20-27(47(59,60)61)8-15-42(35)70/h1-21H. The number of hydrogen-bond acceptors (Lipinski definition) is 1. The van der Waals surface area contributed by atoms with Crippen molar-refractivity contribution in [2.45, 2.75) is 37.1 Å². The quantitative estimate of drug-likeness (QED) is 0.162. The molecule has 0 spiro atoms. The molecule has 2 heterocycles. The molecular weight excluding hydrogens is 973 g/mol. The van der Waals surface area contributed by atoms with Gasteiger partial charge in [-0.05, 0) is 126 Å². The molecule has 0 atom stereocenters. The van der Waals surface area contributed by atoms with E-state index in [-0.39, 0.29) is 39.0 Å². The Kier molecular flexibility index (Phi) is 10.6. The summed E-state index contributed by atoms with van der Waals surface area (Å²) in [5, 5.41) is 8.42. The van der Waals surface area contributed by atoms with Crippen molar-refractivity contribution in [2.24, 2.45) is 0 Å². The minimum Gasteiger partial charge on any atom is -0.309 e. The highest BCUT2D eigenvalue weighted by atomic mass is 19.4. The Bertz CT molecular complexity index is 3470. The van der Waals surface area contributed by atoms with Gasteiger partial charge in [0.1, 0.15) is 0 Å². The second-order valence-corrected chi connectivity index (χ2v) is 15.9. The van der Waals surface area contributed by atoms with E-state index in [2.05, 4.69) is 0 Å². The zero-order valence-electron chi connectivity index (χ0n) is 34.3. The molecule has 3 nitrogen and oxygen atoms in total. The van der Waals surface area contributed by atoms with Crippen LogP contribution in [0.1, 0.15) is 38.9 Å². The van der Waals surface area contributed by atoms with Gasteiger partial charge in [-0.25, -0.2) is 0 Å². The van der Waals surface area contributed by atoms with Crippen molar-refractivity contribution in [1.29, 1.82) is 5.26 Å². The molecule has 0 aliphatic heterocycles. The third-order valence-corrected chi connectivity index (χ3v) is 11.7. The molecule has 0 bridgehead atoms. The third kappa shape index (κ3) is 8.07. The summed E-state index contributed by atoms with van der Waals surface area (Å²) in [6.07, 6.45) is -31.2. The first-order valence-corrected chi connectivity index (χ1v) is 19.9. The molecule has 70 heavy (non-hydrogen) atoms. The van der Waals surface area contributed by atoms with Crippen LogP contribution in [-0.2, 0) is 37.1 Å². The van der Waals surface area contributed by atoms with Gasteiger partial charge in [0.2, 0.25) is 0 Å². The number of hydrogen-bond donors (Lipinski definition) is 0. The van der Waals surface area contributed by atoms with E-state index in [1.807, 2.05) is 0 Å². The monoisotopic (exact) mass is 993 g/mol. The largest absolute Gasteiger partial charge is 0.417 e. The number of aromatic nitrogens is 2. The summed E-state index contributed by atoms with van der Waals surface area (Å²) < 4.78 is 261. The summed E-state index contributed by atoms with van der Waals surface area (Å²) in [7, 11) is 0. The van der Waals surface area contributed by atoms with Crippen molar-refractivity contribution < 1.29 is 79.0 Å². The van der Waals surface area contributed by atoms with Crippen LogP contribution in [0.2, 0.25) is 0 Å². The van der Waals surface area contributed by atoms with Gasteiger partial charge in [-0.2, -0.15) is 84.3 Å². The van der Waals surface area contributed by atoms with Crippen LogP contribution in [0.15, 0.2) is 127 Å². The summed E-state index contributed by atoms with van der Waals surface area (Å²) in [4.78, 5) is 0. The number of halogens is 18. The molecular formula is C49H21F18N3. The number of rotatable bonds is 4. The lowest BCUT2D eigenvalue weighted by atomic mass is 9.86. The molecule has 9 rings (SSSR count). The molecule has 0 unspecified atom stereocenters. The normalized spacial score (nSPS) is 13.3. The number of benzene rings is 7. The Morgan fingerprint density at radius 1 is 0.343 bits per heavy atom. The van der Waals surface area contributed by atoms with Gasteiger partial charge in [0, 0.05) is 38.4 Å². The fourth-order valence-electron chi connectivity index (χ4n) is 8.73. The molecule has 7 aromatic carbocycles. The van der Waals surface area contributed by atoms with E-state index in [4.69, 9.17) is 0 Å². The van der Waals surface area contributed by atoms with Crippen LogP contribution in [0, 0.1) is 11.3 Å². The van der Waals surface area contributed by atoms with Crippen LogP contribution in [0.5, 0.6) is 0 Å². The fourth-order valence-corrected chi connectivity index (χ4v) is 8.73. The molecule has 0 amide bonds. The van der Waals surface area contributed by atoms with E-state index in [0.717, 1.165) is 69.8 Å². The average Bonchev–Trinajstić information content (AvgIpc) is 3.78. The molecule has 0 N–H and O–H groups in total. The lowest BCUT2D eigenvalue weighted by molar-refractivity contribution is -0.142. The second-order valence-electron chi connectivity index (χ2n) is 15.9. The third-order valence-electron chi connectivity index (χ3n) is 11.7. The van der Waals surface area contributed by atoms with Crippen LogP contribution in [0.25, 0.3) is 77.2 Å². The topological polar surface area (TPSA) is 33.6 Å². The predicted molar refractivity (Wildman–Crippen MR) is 221 cm³/mol. The minimum absolute atomic E-state index is 0.234. The number of fused-ring (bicyclic) bond motifs is 6. The Morgan fingerprint density at radius 2 is 0.729 bits per heavy atom. The zero-order chi connectivity index (χ0) is 50.8. The maximum atomic E-state index is 15.0. The van der Waals surface area contributed by atoms with Gasteiger partial charge in [0.05, 0.1) is 72.8 Å². The molecule has 0 fully saturated rings. The maximum Gasteiger partial charge on any atom is 0.417 e. The first-order chi connectivity index (χ1) is 32.5. The van der Waals surface area contributed by atoms with Gasteiger partial charge in [0.25, 0.3) is 0 Å². The summed E-state index contributed by atoms with van der Waals surface area (Å²) in [5.41, 5.74) is -14.3. The average molecular weight is 994 g/mol. The minimum atomic E-state index is -5.53. The van der Waals surface area contributed by atoms with E-state index >= 15 is 0 Å². The maximum absolute atomic E-state index is 15.0. The van der Waals surface area contributed by atoms with Crippen molar-refractivity contribution in [3.05, 3.63) is 166 Å². The number of nitriles is 1. The van der Waals surface area contributed by atoms with Crippen LogP contribution in [-0.4, -0.2) is 9.13 Å². The van der Waals surface area contributed by atoms with Gasteiger partial charge in [-0.1, -0.05) is 12.1 Å². The highest BCUT2D eigenvalue weighted by Crippen LogP contribution is 2.50. The first kappa shape index (κ1) is 47.4. The SMILES string of the molecule is N#Cc1ccc(-n2c3ccc(C(F)(F)F)cc3c3cc(C(F)(F)F)ccc32)c(-c2cc(-n3c4ccc(C(F)(F)F)cc4c4cc(C(F)(F)F)ccc43)ccc2-c2c(C(F)(F)F)cccc2C(F)(F)F)c1. The van der Waals surface area contributed by atoms with Gasteiger partial charge in [-0.15, -0.1) is 0 Å². The molecule has 0 aliphatic rings. The van der Waals surface area contributed by atoms with Gasteiger partial charge < -0.3 is 9.13 Å². The first-order valence-electron chi connectivity index (χ1n) is 19.9. The van der Waals surface area contributed by atoms with Crippen molar-refractivity contribution >= 4 is 43.6 Å². The van der Waals surface area contributed by atoms with Crippen LogP contribution in [0.4, 0.5) is 79.0 Å². The molecule has 358 valence electrons. The van der Waals surface area contributed by atoms with Crippen LogP contribution < -0.4 is 0 Å². The lowest BCUT2D eigenvalue weighted by Crippen LogP contribution is -2.14. The second kappa shape index (κ2) is 15.7. The summed E-state index contributed by atoms with van der Waals surface area (Å²) in [5.74, 6) is 0. The molecule has 0 aliphatic carbocycles. The Hall–Kier alpha value is -7.63. The molecule has 21 heteroatoms. The molecule has 0 saturated carbocycles. The summed E-state index contributed by atoms with van der Waals surface area (Å²) in [6, 6.07) is 16.7. The summed E-state index contributed by atoms with van der Waals surface area (Å²) in [6.45, 7) is 0. The van der Waals surface area contributed by atoms with Gasteiger partial charge >= 0.3 is 37.1 Å². The van der Waals surface area contributed by atoms with Gasteiger partial charge in [-0.3, -0.25) is 0 Å². The molecule has 9 aromatic rings. The smallest absolute Gasteiger partial charge is 0.309 e. The van der Waals surface area contributed by atoms with Crippen molar-refractivity contribution in [1.82, 2.24) is 9.13 Å². The van der Waals surface area contributed by atoms with E-state index in [9.17, 15) is 84.3 Å². The van der Waals surface area contributed by atoms with Crippen LogP contribution in [0.3, 0.4) is 0 Å². The Balaban J connectivity index is 1.46. The predicted octanol–water partition coefficient (Wildman–Crippen LogP) is 17.2. The molecule has 0 radical (unpaired) electrons. The van der Waals surface area contributed by atoms with E-state index in [0.29, 0.717) is 66.7 Å². The van der Waals surface area contributed by atoms with Crippen molar-refractivity contribution in [3.63, 3.8) is 0 Å². The van der Waals surface area contributed by atoms with E-state index in [1.54, 1.807) is 6.07 Å². The highest BCUT2D eigenvalue weighted by molar-refractivity contribution is 6.12. The zero-order valence-corrected chi connectivity index (χ0v) is 34.3. The van der Waals surface area contributed by atoms with Crippen molar-refractivity contribution in [2.75, 3.05) is 0 Å².